The van der Waals surface area contributed by atoms with E-state index in [1.54, 1.807) is 18.2 Å². The van der Waals surface area contributed by atoms with Crippen LogP contribution in [0.4, 0.5) is 14.5 Å². The molecule has 0 aliphatic carbocycles. The highest BCUT2D eigenvalue weighted by atomic mass is 35.5. The van der Waals surface area contributed by atoms with Crippen LogP contribution in [0.2, 0.25) is 5.02 Å². The molecule has 0 radical (unpaired) electrons. The van der Waals surface area contributed by atoms with E-state index in [-0.39, 0.29) is 12.1 Å². The van der Waals surface area contributed by atoms with Crippen LogP contribution in [0.25, 0.3) is 0 Å². The average Bonchev–Trinajstić information content (AvgIpc) is 2.43. The maximum Gasteiger partial charge on any atom is 0.138 e. The molecule has 2 nitrogen and oxygen atoms in total. The molecule has 0 fully saturated rings. The summed E-state index contributed by atoms with van der Waals surface area (Å²) in [6.45, 7) is 2.57. The predicted molar refractivity (Wildman–Crippen MR) is 76.3 cm³/mol. The van der Waals surface area contributed by atoms with Crippen molar-refractivity contribution in [1.29, 1.82) is 0 Å². The van der Waals surface area contributed by atoms with Crippen molar-refractivity contribution in [3.63, 3.8) is 0 Å². The van der Waals surface area contributed by atoms with E-state index in [2.05, 4.69) is 5.32 Å². The second-order valence-corrected chi connectivity index (χ2v) is 4.57. The largest absolute Gasteiger partial charge is 0.492 e. The minimum Gasteiger partial charge on any atom is -0.492 e. The van der Waals surface area contributed by atoms with Crippen LogP contribution in [0.15, 0.2) is 36.4 Å². The zero-order valence-corrected chi connectivity index (χ0v) is 11.7. The molecule has 0 aromatic heterocycles. The summed E-state index contributed by atoms with van der Waals surface area (Å²) < 4.78 is 31.8. The molecule has 2 aromatic rings. The van der Waals surface area contributed by atoms with Crippen molar-refractivity contribution >= 4 is 17.3 Å². The first-order valence-electron chi connectivity index (χ1n) is 6.20. The van der Waals surface area contributed by atoms with Crippen LogP contribution in [-0.2, 0) is 6.54 Å². The Hall–Kier alpha value is -1.81. The molecule has 20 heavy (non-hydrogen) atoms. The topological polar surface area (TPSA) is 21.3 Å². The van der Waals surface area contributed by atoms with Crippen molar-refractivity contribution in [2.24, 2.45) is 0 Å². The summed E-state index contributed by atoms with van der Waals surface area (Å²) in [7, 11) is 0. The maximum absolute atomic E-state index is 13.5. The monoisotopic (exact) mass is 297 g/mol. The van der Waals surface area contributed by atoms with Crippen molar-refractivity contribution in [1.82, 2.24) is 0 Å². The fourth-order valence-corrected chi connectivity index (χ4v) is 1.99. The molecule has 0 aliphatic rings. The Balaban J connectivity index is 2.07. The number of halogens is 3. The Morgan fingerprint density at radius 3 is 2.65 bits per heavy atom. The number of ether oxygens (including phenoxy) is 1. The SMILES string of the molecule is CCOc1ccc(NCc2cc(F)ccc2F)cc1Cl. The lowest BCUT2D eigenvalue weighted by atomic mass is 10.2. The minimum atomic E-state index is -0.465. The van der Waals surface area contributed by atoms with Gasteiger partial charge < -0.3 is 10.1 Å². The Morgan fingerprint density at radius 2 is 1.95 bits per heavy atom. The fraction of sp³-hybridized carbons (Fsp3) is 0.200. The van der Waals surface area contributed by atoms with Crippen LogP contribution in [0.1, 0.15) is 12.5 Å². The van der Waals surface area contributed by atoms with Gasteiger partial charge in [0.25, 0.3) is 0 Å². The van der Waals surface area contributed by atoms with Crippen LogP contribution in [-0.4, -0.2) is 6.61 Å². The standard InChI is InChI=1S/C15H14ClF2NO/c1-2-20-15-6-4-12(8-13(15)16)19-9-10-7-11(17)3-5-14(10)18/h3-8,19H,2,9H2,1H3. The molecule has 106 valence electrons. The Labute approximate surface area is 121 Å². The van der Waals surface area contributed by atoms with Crippen molar-refractivity contribution < 1.29 is 13.5 Å². The van der Waals surface area contributed by atoms with Gasteiger partial charge in [0.1, 0.15) is 17.4 Å². The number of hydrogen-bond donors (Lipinski definition) is 1. The summed E-state index contributed by atoms with van der Waals surface area (Å²) in [5, 5.41) is 3.46. The first-order valence-corrected chi connectivity index (χ1v) is 6.58. The summed E-state index contributed by atoms with van der Waals surface area (Å²) >= 11 is 6.05. The Morgan fingerprint density at radius 1 is 1.15 bits per heavy atom. The van der Waals surface area contributed by atoms with Crippen LogP contribution < -0.4 is 10.1 Å². The molecule has 0 amide bonds. The van der Waals surface area contributed by atoms with Crippen LogP contribution in [0.3, 0.4) is 0 Å². The molecule has 2 aromatic carbocycles. The highest BCUT2D eigenvalue weighted by Gasteiger charge is 2.05. The lowest BCUT2D eigenvalue weighted by Gasteiger charge is -2.10. The summed E-state index contributed by atoms with van der Waals surface area (Å²) in [5.41, 5.74) is 0.970. The molecule has 0 saturated carbocycles. The van der Waals surface area contributed by atoms with Crippen molar-refractivity contribution in [2.75, 3.05) is 11.9 Å². The third kappa shape index (κ3) is 3.61. The van der Waals surface area contributed by atoms with E-state index in [9.17, 15) is 8.78 Å². The second kappa shape index (κ2) is 6.57. The predicted octanol–water partition coefficient (Wildman–Crippen LogP) is 4.63. The first-order chi connectivity index (χ1) is 9.60. The maximum atomic E-state index is 13.5. The second-order valence-electron chi connectivity index (χ2n) is 4.17. The molecule has 0 saturated heterocycles. The molecule has 0 aliphatic heterocycles. The van der Waals surface area contributed by atoms with Crippen molar-refractivity contribution in [2.45, 2.75) is 13.5 Å². The van der Waals surface area contributed by atoms with E-state index >= 15 is 0 Å². The van der Waals surface area contributed by atoms with Gasteiger partial charge in [-0.1, -0.05) is 11.6 Å². The number of hydrogen-bond acceptors (Lipinski definition) is 2. The van der Waals surface area contributed by atoms with E-state index in [1.165, 1.54) is 6.07 Å². The first kappa shape index (κ1) is 14.6. The van der Waals surface area contributed by atoms with Gasteiger partial charge in [0.15, 0.2) is 0 Å². The Kier molecular flexibility index (Phi) is 4.79. The molecule has 0 unspecified atom stereocenters. The zero-order chi connectivity index (χ0) is 14.5. The van der Waals surface area contributed by atoms with Crippen molar-refractivity contribution in [3.05, 3.63) is 58.6 Å². The lowest BCUT2D eigenvalue weighted by Crippen LogP contribution is -2.02. The fourth-order valence-electron chi connectivity index (χ4n) is 1.76. The van der Waals surface area contributed by atoms with Gasteiger partial charge in [-0.15, -0.1) is 0 Å². The normalized spacial score (nSPS) is 10.4. The van der Waals surface area contributed by atoms with Gasteiger partial charge in [-0.3, -0.25) is 0 Å². The van der Waals surface area contributed by atoms with E-state index in [0.29, 0.717) is 23.1 Å². The van der Waals surface area contributed by atoms with Crippen LogP contribution in [0.5, 0.6) is 5.75 Å². The van der Waals surface area contributed by atoms with E-state index in [1.807, 2.05) is 6.92 Å². The summed E-state index contributed by atoms with van der Waals surface area (Å²) in [6.07, 6.45) is 0. The zero-order valence-electron chi connectivity index (χ0n) is 10.9. The molecule has 0 atom stereocenters. The van der Waals surface area contributed by atoms with E-state index < -0.39 is 11.6 Å². The van der Waals surface area contributed by atoms with Gasteiger partial charge in [-0.05, 0) is 43.3 Å². The van der Waals surface area contributed by atoms with E-state index in [0.717, 1.165) is 12.1 Å². The highest BCUT2D eigenvalue weighted by molar-refractivity contribution is 6.32. The molecule has 2 rings (SSSR count). The third-order valence-corrected chi connectivity index (χ3v) is 3.02. The Bertz CT molecular complexity index is 604. The molecule has 0 heterocycles. The summed E-state index contributed by atoms with van der Waals surface area (Å²) in [4.78, 5) is 0. The number of nitrogens with one attached hydrogen (secondary N) is 1. The summed E-state index contributed by atoms with van der Waals surface area (Å²) in [5.74, 6) is -0.319. The molecule has 1 N–H and O–H groups in total. The van der Waals surface area contributed by atoms with Gasteiger partial charge in [0, 0.05) is 17.8 Å². The molecular weight excluding hydrogens is 284 g/mol. The molecule has 5 heteroatoms. The number of anilines is 1. The quantitative estimate of drug-likeness (QED) is 0.869. The minimum absolute atomic E-state index is 0.175. The summed E-state index contributed by atoms with van der Waals surface area (Å²) in [6, 6.07) is 8.55. The van der Waals surface area contributed by atoms with Gasteiger partial charge in [-0.2, -0.15) is 0 Å². The number of benzene rings is 2. The van der Waals surface area contributed by atoms with Gasteiger partial charge in [0.2, 0.25) is 0 Å². The third-order valence-electron chi connectivity index (χ3n) is 2.72. The molecular formula is C15H14ClF2NO. The van der Waals surface area contributed by atoms with Gasteiger partial charge in [0.05, 0.1) is 11.6 Å². The number of rotatable bonds is 5. The van der Waals surface area contributed by atoms with Crippen LogP contribution in [0, 0.1) is 11.6 Å². The van der Waals surface area contributed by atoms with Crippen molar-refractivity contribution in [3.8, 4) is 5.75 Å². The highest BCUT2D eigenvalue weighted by Crippen LogP contribution is 2.28. The van der Waals surface area contributed by atoms with E-state index in [4.69, 9.17) is 16.3 Å². The van der Waals surface area contributed by atoms with Crippen LogP contribution >= 0.6 is 11.6 Å². The van der Waals surface area contributed by atoms with Gasteiger partial charge >= 0.3 is 0 Å². The van der Waals surface area contributed by atoms with Gasteiger partial charge in [-0.25, -0.2) is 8.78 Å². The molecule has 0 spiro atoms. The lowest BCUT2D eigenvalue weighted by molar-refractivity contribution is 0.340. The molecule has 0 bridgehead atoms. The average molecular weight is 298 g/mol. The smallest absolute Gasteiger partial charge is 0.138 e.